The van der Waals surface area contributed by atoms with E-state index >= 15 is 0 Å². The Bertz CT molecular complexity index is 483. The number of amides is 1. The Balaban J connectivity index is 1.92. The van der Waals surface area contributed by atoms with Gasteiger partial charge in [-0.05, 0) is 55.4 Å². The molecule has 0 aromatic heterocycles. The average Bonchev–Trinajstić information content (AvgIpc) is 2.51. The molecule has 2 rings (SSSR count). The zero-order valence-electron chi connectivity index (χ0n) is 12.9. The summed E-state index contributed by atoms with van der Waals surface area (Å²) in [5.41, 5.74) is 2.13. The van der Waals surface area contributed by atoms with Gasteiger partial charge in [-0.3, -0.25) is 4.79 Å². The van der Waals surface area contributed by atoms with Crippen LogP contribution in [0.3, 0.4) is 0 Å². The summed E-state index contributed by atoms with van der Waals surface area (Å²) in [4.78, 5) is 11.8. The van der Waals surface area contributed by atoms with Gasteiger partial charge in [0.15, 0.2) is 6.61 Å². The minimum absolute atomic E-state index is 0.0192. The van der Waals surface area contributed by atoms with Crippen LogP contribution in [-0.4, -0.2) is 23.7 Å². The Kier molecular flexibility index (Phi) is 5.62. The van der Waals surface area contributed by atoms with Crippen molar-refractivity contribution in [2.75, 3.05) is 6.61 Å². The first-order chi connectivity index (χ1) is 10.1. The molecule has 1 aliphatic carbocycles. The fraction of sp³-hybridized carbons (Fsp3) is 0.588. The molecule has 2 N–H and O–H groups in total. The fourth-order valence-corrected chi connectivity index (χ4v) is 2.75. The van der Waals surface area contributed by atoms with Crippen molar-refractivity contribution < 1.29 is 14.6 Å². The lowest BCUT2D eigenvalue weighted by Crippen LogP contribution is -2.37. The second kappa shape index (κ2) is 7.46. The number of benzene rings is 1. The summed E-state index contributed by atoms with van der Waals surface area (Å²) in [6, 6.07) is 5.95. The monoisotopic (exact) mass is 291 g/mol. The molecule has 1 amide bonds. The molecule has 4 heteroatoms. The summed E-state index contributed by atoms with van der Waals surface area (Å²) in [6.45, 7) is 4.13. The Labute approximate surface area is 126 Å². The molecule has 1 aromatic rings. The predicted molar refractivity (Wildman–Crippen MR) is 82.3 cm³/mol. The first-order valence-electron chi connectivity index (χ1n) is 7.87. The van der Waals surface area contributed by atoms with Crippen LogP contribution in [0.5, 0.6) is 5.75 Å². The van der Waals surface area contributed by atoms with E-state index in [1.165, 1.54) is 5.56 Å². The quantitative estimate of drug-likeness (QED) is 0.847. The van der Waals surface area contributed by atoms with Gasteiger partial charge in [0, 0.05) is 6.04 Å². The maximum atomic E-state index is 11.8. The smallest absolute Gasteiger partial charge is 0.258 e. The molecule has 0 bridgehead atoms. The summed E-state index contributed by atoms with van der Waals surface area (Å²) >= 11 is 0. The number of hydrogen-bond acceptors (Lipinski definition) is 3. The van der Waals surface area contributed by atoms with Crippen LogP contribution in [0.25, 0.3) is 0 Å². The number of aliphatic hydroxyl groups is 1. The summed E-state index contributed by atoms with van der Waals surface area (Å²) in [5, 5.41) is 13.0. The maximum absolute atomic E-state index is 11.8. The highest BCUT2D eigenvalue weighted by Crippen LogP contribution is 2.32. The van der Waals surface area contributed by atoms with Crippen LogP contribution < -0.4 is 10.1 Å². The average molecular weight is 291 g/mol. The Hall–Kier alpha value is -1.55. The minimum Gasteiger partial charge on any atom is -0.484 e. The highest BCUT2D eigenvalue weighted by Gasteiger charge is 2.18. The summed E-state index contributed by atoms with van der Waals surface area (Å²) in [7, 11) is 0. The SMILES string of the molecule is CCC(CC)NC(=O)COc1ccc2c(c1)[C@@H](O)CCC2. The highest BCUT2D eigenvalue weighted by atomic mass is 16.5. The van der Waals surface area contributed by atoms with E-state index in [0.717, 1.165) is 37.7 Å². The summed E-state index contributed by atoms with van der Waals surface area (Å²) in [6.07, 6.45) is 4.26. The Morgan fingerprint density at radius 2 is 2.19 bits per heavy atom. The van der Waals surface area contributed by atoms with Gasteiger partial charge in [-0.1, -0.05) is 19.9 Å². The third-order valence-corrected chi connectivity index (χ3v) is 4.12. The van der Waals surface area contributed by atoms with E-state index in [-0.39, 0.29) is 18.6 Å². The molecule has 1 aromatic carbocycles. The van der Waals surface area contributed by atoms with Gasteiger partial charge in [0.05, 0.1) is 6.10 Å². The van der Waals surface area contributed by atoms with E-state index in [4.69, 9.17) is 4.74 Å². The van der Waals surface area contributed by atoms with Gasteiger partial charge in [-0.2, -0.15) is 0 Å². The van der Waals surface area contributed by atoms with Crippen LogP contribution in [0.15, 0.2) is 18.2 Å². The van der Waals surface area contributed by atoms with Crippen LogP contribution in [0.1, 0.15) is 56.8 Å². The molecule has 116 valence electrons. The molecule has 0 aliphatic heterocycles. The molecule has 0 heterocycles. The fourth-order valence-electron chi connectivity index (χ4n) is 2.75. The number of carbonyl (C=O) groups excluding carboxylic acids is 1. The number of nitrogens with one attached hydrogen (secondary N) is 1. The first kappa shape index (κ1) is 15.8. The molecule has 1 atom stereocenters. The lowest BCUT2D eigenvalue weighted by Gasteiger charge is -2.22. The van der Waals surface area contributed by atoms with Crippen LogP contribution >= 0.6 is 0 Å². The number of ether oxygens (including phenoxy) is 1. The van der Waals surface area contributed by atoms with Crippen molar-refractivity contribution in [3.8, 4) is 5.75 Å². The number of carbonyl (C=O) groups is 1. The predicted octanol–water partition coefficient (Wildman–Crippen LogP) is 2.74. The van der Waals surface area contributed by atoms with Crippen LogP contribution in [0.4, 0.5) is 0 Å². The molecular weight excluding hydrogens is 266 g/mol. The van der Waals surface area contributed by atoms with Gasteiger partial charge in [-0.25, -0.2) is 0 Å². The number of fused-ring (bicyclic) bond motifs is 1. The number of rotatable bonds is 6. The van der Waals surface area contributed by atoms with Crippen molar-refractivity contribution in [3.63, 3.8) is 0 Å². The third kappa shape index (κ3) is 4.21. The van der Waals surface area contributed by atoms with E-state index < -0.39 is 6.10 Å². The molecule has 21 heavy (non-hydrogen) atoms. The van der Waals surface area contributed by atoms with E-state index in [1.54, 1.807) is 0 Å². The zero-order valence-corrected chi connectivity index (χ0v) is 12.9. The van der Waals surface area contributed by atoms with Gasteiger partial charge in [0.2, 0.25) is 0 Å². The van der Waals surface area contributed by atoms with E-state index in [2.05, 4.69) is 19.2 Å². The van der Waals surface area contributed by atoms with Crippen LogP contribution in [0, 0.1) is 0 Å². The van der Waals surface area contributed by atoms with E-state index in [1.807, 2.05) is 18.2 Å². The summed E-state index contributed by atoms with van der Waals surface area (Å²) in [5.74, 6) is 0.552. The minimum atomic E-state index is -0.407. The van der Waals surface area contributed by atoms with Crippen LogP contribution in [-0.2, 0) is 11.2 Å². The van der Waals surface area contributed by atoms with Crippen molar-refractivity contribution >= 4 is 5.91 Å². The number of aliphatic hydroxyl groups excluding tert-OH is 1. The van der Waals surface area contributed by atoms with Gasteiger partial charge in [-0.15, -0.1) is 0 Å². The Morgan fingerprint density at radius 1 is 1.43 bits per heavy atom. The lowest BCUT2D eigenvalue weighted by molar-refractivity contribution is -0.123. The second-order valence-electron chi connectivity index (χ2n) is 5.64. The van der Waals surface area contributed by atoms with Gasteiger partial charge in [0.25, 0.3) is 5.91 Å². The summed E-state index contributed by atoms with van der Waals surface area (Å²) < 4.78 is 5.55. The molecule has 0 fully saturated rings. The molecule has 0 radical (unpaired) electrons. The van der Waals surface area contributed by atoms with Gasteiger partial charge in [0.1, 0.15) is 5.75 Å². The largest absolute Gasteiger partial charge is 0.484 e. The maximum Gasteiger partial charge on any atom is 0.258 e. The van der Waals surface area contributed by atoms with E-state index in [9.17, 15) is 9.90 Å². The number of hydrogen-bond donors (Lipinski definition) is 2. The van der Waals surface area contributed by atoms with Crippen molar-refractivity contribution in [2.24, 2.45) is 0 Å². The van der Waals surface area contributed by atoms with Gasteiger partial charge >= 0.3 is 0 Å². The molecule has 0 spiro atoms. The first-order valence-corrected chi connectivity index (χ1v) is 7.87. The standard InChI is InChI=1S/C17H25NO3/c1-3-13(4-2)18-17(20)11-21-14-9-8-12-6-5-7-16(19)15(12)10-14/h8-10,13,16,19H,3-7,11H2,1-2H3,(H,18,20)/t16-/m0/s1. The van der Waals surface area contributed by atoms with Crippen LogP contribution in [0.2, 0.25) is 0 Å². The number of aryl methyl sites for hydroxylation is 1. The zero-order chi connectivity index (χ0) is 15.2. The molecule has 0 saturated heterocycles. The molecular formula is C17H25NO3. The normalized spacial score (nSPS) is 17.4. The molecule has 1 aliphatic rings. The van der Waals surface area contributed by atoms with Crippen molar-refractivity contribution in [3.05, 3.63) is 29.3 Å². The van der Waals surface area contributed by atoms with Gasteiger partial charge < -0.3 is 15.2 Å². The van der Waals surface area contributed by atoms with E-state index in [0.29, 0.717) is 5.75 Å². The Morgan fingerprint density at radius 3 is 2.90 bits per heavy atom. The van der Waals surface area contributed by atoms with Crippen molar-refractivity contribution in [2.45, 2.75) is 58.1 Å². The topological polar surface area (TPSA) is 58.6 Å². The second-order valence-corrected chi connectivity index (χ2v) is 5.64. The molecule has 0 unspecified atom stereocenters. The molecule has 0 saturated carbocycles. The highest BCUT2D eigenvalue weighted by molar-refractivity contribution is 5.77. The lowest BCUT2D eigenvalue weighted by atomic mass is 9.89. The van der Waals surface area contributed by atoms with Crippen molar-refractivity contribution in [1.29, 1.82) is 0 Å². The molecule has 4 nitrogen and oxygen atoms in total. The van der Waals surface area contributed by atoms with Crippen molar-refractivity contribution in [1.82, 2.24) is 5.32 Å². The third-order valence-electron chi connectivity index (χ3n) is 4.12.